The number of fused-ring (bicyclic) bond motifs is 1. The smallest absolute Gasteiger partial charge is 0.227 e. The zero-order chi connectivity index (χ0) is 18.1. The molecule has 0 N–H and O–H groups in total. The highest BCUT2D eigenvalue weighted by atomic mass is 35.5. The van der Waals surface area contributed by atoms with Crippen LogP contribution in [0.1, 0.15) is 5.56 Å². The second-order valence-electron chi connectivity index (χ2n) is 6.22. The van der Waals surface area contributed by atoms with Crippen molar-refractivity contribution in [3.05, 3.63) is 58.1 Å². The van der Waals surface area contributed by atoms with Crippen LogP contribution in [-0.2, 0) is 11.2 Å². The number of benzene rings is 2. The molecule has 0 atom stereocenters. The Kier molecular flexibility index (Phi) is 5.02. The van der Waals surface area contributed by atoms with Crippen LogP contribution in [0.25, 0.3) is 10.2 Å². The Morgan fingerprint density at radius 1 is 1.00 bits per heavy atom. The molecule has 1 aliphatic rings. The van der Waals surface area contributed by atoms with Crippen LogP contribution in [-0.4, -0.2) is 42.0 Å². The highest BCUT2D eigenvalue weighted by molar-refractivity contribution is 7.22. The molecule has 0 radical (unpaired) electrons. The number of piperazine rings is 1. The standard InChI is InChI=1S/C19H17Cl2N3OS/c20-14-5-2-1-4-13(14)12-17(25)23-8-10-24(11-9-23)19-22-18-15(21)6-3-7-16(18)26-19/h1-7H,8-12H2. The number of nitrogens with zero attached hydrogens (tertiary/aromatic N) is 3. The summed E-state index contributed by atoms with van der Waals surface area (Å²) in [6.45, 7) is 2.91. The SMILES string of the molecule is O=C(Cc1ccccc1Cl)N1CCN(c2nc3c(Cl)cccc3s2)CC1. The molecule has 0 spiro atoms. The summed E-state index contributed by atoms with van der Waals surface area (Å²) in [6.07, 6.45) is 0.344. The van der Waals surface area contributed by atoms with Crippen LogP contribution >= 0.6 is 34.5 Å². The summed E-state index contributed by atoms with van der Waals surface area (Å²) in [5.41, 5.74) is 1.73. The third-order valence-corrected chi connectivity index (χ3v) is 6.32. The molecule has 0 saturated carbocycles. The number of hydrogen-bond donors (Lipinski definition) is 0. The Hall–Kier alpha value is -1.82. The maximum absolute atomic E-state index is 12.6. The first-order valence-corrected chi connectivity index (χ1v) is 10.0. The van der Waals surface area contributed by atoms with E-state index in [1.54, 1.807) is 11.3 Å². The Morgan fingerprint density at radius 2 is 1.73 bits per heavy atom. The van der Waals surface area contributed by atoms with E-state index in [0.717, 1.165) is 34.0 Å². The molecule has 1 saturated heterocycles. The van der Waals surface area contributed by atoms with Gasteiger partial charge in [-0.3, -0.25) is 4.79 Å². The summed E-state index contributed by atoms with van der Waals surface area (Å²) in [7, 11) is 0. The number of halogens is 2. The van der Waals surface area contributed by atoms with Crippen molar-refractivity contribution in [2.45, 2.75) is 6.42 Å². The fraction of sp³-hybridized carbons (Fsp3) is 0.263. The van der Waals surface area contributed by atoms with E-state index in [9.17, 15) is 4.79 Å². The molecule has 1 fully saturated rings. The van der Waals surface area contributed by atoms with Crippen molar-refractivity contribution in [1.29, 1.82) is 0 Å². The molecule has 26 heavy (non-hydrogen) atoms. The summed E-state index contributed by atoms with van der Waals surface area (Å²) < 4.78 is 1.09. The predicted molar refractivity (Wildman–Crippen MR) is 109 cm³/mol. The summed E-state index contributed by atoms with van der Waals surface area (Å²) in [5, 5.41) is 2.29. The quantitative estimate of drug-likeness (QED) is 0.643. The number of hydrogen-bond acceptors (Lipinski definition) is 4. The van der Waals surface area contributed by atoms with Crippen molar-refractivity contribution in [3.63, 3.8) is 0 Å². The molecule has 4 rings (SSSR count). The van der Waals surface area contributed by atoms with Crippen molar-refractivity contribution in [2.75, 3.05) is 31.1 Å². The number of para-hydroxylation sites is 1. The average molecular weight is 406 g/mol. The Labute approximate surface area is 166 Å². The van der Waals surface area contributed by atoms with Gasteiger partial charge in [0.25, 0.3) is 0 Å². The Morgan fingerprint density at radius 3 is 2.46 bits per heavy atom. The zero-order valence-electron chi connectivity index (χ0n) is 14.0. The van der Waals surface area contributed by atoms with Crippen molar-refractivity contribution in [2.24, 2.45) is 0 Å². The van der Waals surface area contributed by atoms with Crippen LogP contribution in [0.5, 0.6) is 0 Å². The van der Waals surface area contributed by atoms with Gasteiger partial charge in [-0.1, -0.05) is 58.8 Å². The normalized spacial score (nSPS) is 14.8. The van der Waals surface area contributed by atoms with Gasteiger partial charge in [-0.05, 0) is 23.8 Å². The summed E-state index contributed by atoms with van der Waals surface area (Å²) in [6, 6.07) is 13.3. The van der Waals surface area contributed by atoms with Gasteiger partial charge in [-0.2, -0.15) is 0 Å². The first-order chi connectivity index (χ1) is 12.6. The molecule has 1 amide bonds. The van der Waals surface area contributed by atoms with E-state index >= 15 is 0 Å². The number of amides is 1. The van der Waals surface area contributed by atoms with E-state index in [2.05, 4.69) is 9.88 Å². The lowest BCUT2D eigenvalue weighted by Gasteiger charge is -2.34. The fourth-order valence-electron chi connectivity index (χ4n) is 3.10. The van der Waals surface area contributed by atoms with Crippen LogP contribution in [0.4, 0.5) is 5.13 Å². The molecular weight excluding hydrogens is 389 g/mol. The molecule has 0 bridgehead atoms. The topological polar surface area (TPSA) is 36.4 Å². The van der Waals surface area contributed by atoms with E-state index < -0.39 is 0 Å². The van der Waals surface area contributed by atoms with Gasteiger partial charge in [-0.15, -0.1) is 0 Å². The van der Waals surface area contributed by atoms with Gasteiger partial charge < -0.3 is 9.80 Å². The van der Waals surface area contributed by atoms with Crippen LogP contribution in [0.2, 0.25) is 10.0 Å². The van der Waals surface area contributed by atoms with E-state index in [-0.39, 0.29) is 5.91 Å². The van der Waals surface area contributed by atoms with Gasteiger partial charge in [0.2, 0.25) is 5.91 Å². The molecular formula is C19H17Cl2N3OS. The molecule has 0 aliphatic carbocycles. The summed E-state index contributed by atoms with van der Waals surface area (Å²) in [5.74, 6) is 0.116. The summed E-state index contributed by atoms with van der Waals surface area (Å²) >= 11 is 14.0. The minimum atomic E-state index is 0.116. The number of carbonyl (C=O) groups excluding carboxylic acids is 1. The van der Waals surface area contributed by atoms with E-state index in [0.29, 0.717) is 29.6 Å². The second-order valence-corrected chi connectivity index (χ2v) is 8.04. The Balaban J connectivity index is 1.41. The van der Waals surface area contributed by atoms with Gasteiger partial charge in [0.15, 0.2) is 5.13 Å². The molecule has 134 valence electrons. The van der Waals surface area contributed by atoms with Gasteiger partial charge >= 0.3 is 0 Å². The van der Waals surface area contributed by atoms with E-state index in [1.807, 2.05) is 47.4 Å². The number of carbonyl (C=O) groups is 1. The minimum Gasteiger partial charge on any atom is -0.345 e. The number of aromatic nitrogens is 1. The van der Waals surface area contributed by atoms with Gasteiger partial charge in [0.05, 0.1) is 16.1 Å². The molecule has 1 aromatic heterocycles. The summed E-state index contributed by atoms with van der Waals surface area (Å²) in [4.78, 5) is 21.4. The van der Waals surface area contributed by atoms with Gasteiger partial charge in [0.1, 0.15) is 5.52 Å². The van der Waals surface area contributed by atoms with Gasteiger partial charge in [0, 0.05) is 31.2 Å². The molecule has 4 nitrogen and oxygen atoms in total. The molecule has 0 unspecified atom stereocenters. The Bertz CT molecular complexity index is 951. The van der Waals surface area contributed by atoms with Crippen LogP contribution in [0.15, 0.2) is 42.5 Å². The average Bonchev–Trinajstić information content (AvgIpc) is 3.09. The lowest BCUT2D eigenvalue weighted by atomic mass is 10.1. The highest BCUT2D eigenvalue weighted by Crippen LogP contribution is 2.33. The van der Waals surface area contributed by atoms with E-state index in [1.165, 1.54) is 0 Å². The molecule has 1 aliphatic heterocycles. The fourth-order valence-corrected chi connectivity index (χ4v) is 4.62. The van der Waals surface area contributed by atoms with Crippen LogP contribution < -0.4 is 4.90 Å². The number of anilines is 1. The molecule has 2 aromatic carbocycles. The minimum absolute atomic E-state index is 0.116. The molecule has 7 heteroatoms. The lowest BCUT2D eigenvalue weighted by Crippen LogP contribution is -2.49. The largest absolute Gasteiger partial charge is 0.345 e. The second kappa shape index (κ2) is 7.43. The maximum Gasteiger partial charge on any atom is 0.227 e. The highest BCUT2D eigenvalue weighted by Gasteiger charge is 2.23. The third-order valence-electron chi connectivity index (χ3n) is 4.56. The van der Waals surface area contributed by atoms with Crippen molar-refractivity contribution in [1.82, 2.24) is 9.88 Å². The molecule has 2 heterocycles. The van der Waals surface area contributed by atoms with Crippen molar-refractivity contribution >= 4 is 55.8 Å². The van der Waals surface area contributed by atoms with Crippen LogP contribution in [0, 0.1) is 0 Å². The lowest BCUT2D eigenvalue weighted by molar-refractivity contribution is -0.130. The number of rotatable bonds is 3. The first kappa shape index (κ1) is 17.6. The number of thiazole rings is 1. The molecule has 3 aromatic rings. The van der Waals surface area contributed by atoms with Crippen LogP contribution in [0.3, 0.4) is 0 Å². The zero-order valence-corrected chi connectivity index (χ0v) is 16.3. The van der Waals surface area contributed by atoms with Crippen molar-refractivity contribution in [3.8, 4) is 0 Å². The maximum atomic E-state index is 12.6. The third kappa shape index (κ3) is 3.52. The van der Waals surface area contributed by atoms with Gasteiger partial charge in [-0.25, -0.2) is 4.98 Å². The van der Waals surface area contributed by atoms with E-state index in [4.69, 9.17) is 23.2 Å². The van der Waals surface area contributed by atoms with Crippen molar-refractivity contribution < 1.29 is 4.79 Å². The monoisotopic (exact) mass is 405 g/mol. The predicted octanol–water partition coefficient (Wildman–Crippen LogP) is 4.49. The first-order valence-electron chi connectivity index (χ1n) is 8.43.